The first kappa shape index (κ1) is 15.3. The summed E-state index contributed by atoms with van der Waals surface area (Å²) in [7, 11) is 0. The number of pyridine rings is 2. The van der Waals surface area contributed by atoms with Gasteiger partial charge >= 0.3 is 0 Å². The van der Waals surface area contributed by atoms with E-state index in [2.05, 4.69) is 20.6 Å². The highest BCUT2D eigenvalue weighted by atomic mass is 16.2. The molecule has 1 aliphatic rings. The lowest BCUT2D eigenvalue weighted by atomic mass is 10.2. The fraction of sp³-hybridized carbons (Fsp3) is 0.222. The van der Waals surface area contributed by atoms with Crippen LogP contribution in [0.3, 0.4) is 0 Å². The molecule has 0 unspecified atom stereocenters. The number of hydrogen-bond acceptors (Lipinski definition) is 4. The van der Waals surface area contributed by atoms with Crippen molar-refractivity contribution >= 4 is 17.3 Å². The van der Waals surface area contributed by atoms with Crippen LogP contribution in [0, 0.1) is 0 Å². The predicted octanol–water partition coefficient (Wildman–Crippen LogP) is 1.55. The van der Waals surface area contributed by atoms with Gasteiger partial charge in [0.15, 0.2) is 5.69 Å². The number of hydrogen-bond donors (Lipinski definition) is 2. The van der Waals surface area contributed by atoms with E-state index in [0.717, 1.165) is 18.4 Å². The number of imidazole rings is 1. The predicted molar refractivity (Wildman–Crippen MR) is 91.1 cm³/mol. The molecule has 2 N–H and O–H groups in total. The Balaban J connectivity index is 1.60. The molecule has 7 heteroatoms. The van der Waals surface area contributed by atoms with E-state index >= 15 is 0 Å². The van der Waals surface area contributed by atoms with Crippen molar-refractivity contribution in [2.75, 3.05) is 0 Å². The van der Waals surface area contributed by atoms with E-state index in [0.29, 0.717) is 12.1 Å². The van der Waals surface area contributed by atoms with E-state index in [1.165, 1.54) is 0 Å². The van der Waals surface area contributed by atoms with Gasteiger partial charge in [-0.05, 0) is 36.6 Å². The van der Waals surface area contributed by atoms with Crippen LogP contribution in [0.1, 0.15) is 39.5 Å². The van der Waals surface area contributed by atoms with E-state index in [-0.39, 0.29) is 29.4 Å². The van der Waals surface area contributed by atoms with E-state index in [1.54, 1.807) is 35.1 Å². The number of carbonyl (C=O) groups is 2. The van der Waals surface area contributed by atoms with Crippen LogP contribution < -0.4 is 10.6 Å². The van der Waals surface area contributed by atoms with Gasteiger partial charge in [-0.25, -0.2) is 4.98 Å². The highest BCUT2D eigenvalue weighted by molar-refractivity contribution is 6.02. The van der Waals surface area contributed by atoms with Gasteiger partial charge in [-0.15, -0.1) is 0 Å². The molecule has 1 aliphatic carbocycles. The van der Waals surface area contributed by atoms with Crippen LogP contribution in [0.2, 0.25) is 0 Å². The van der Waals surface area contributed by atoms with Crippen LogP contribution in [-0.2, 0) is 6.54 Å². The molecule has 1 saturated carbocycles. The van der Waals surface area contributed by atoms with Crippen LogP contribution in [0.4, 0.5) is 0 Å². The van der Waals surface area contributed by atoms with Gasteiger partial charge in [-0.2, -0.15) is 0 Å². The summed E-state index contributed by atoms with van der Waals surface area (Å²) in [4.78, 5) is 33.3. The molecule has 3 aromatic heterocycles. The molecule has 0 radical (unpaired) electrons. The van der Waals surface area contributed by atoms with Gasteiger partial charge in [0.05, 0.1) is 5.52 Å². The minimum absolute atomic E-state index is 0.228. The van der Waals surface area contributed by atoms with Crippen molar-refractivity contribution in [1.29, 1.82) is 0 Å². The number of aromatic nitrogens is 3. The van der Waals surface area contributed by atoms with Gasteiger partial charge in [-0.1, -0.05) is 12.1 Å². The Hall–Kier alpha value is -3.22. The summed E-state index contributed by atoms with van der Waals surface area (Å²) < 4.78 is 1.65. The van der Waals surface area contributed by atoms with E-state index in [4.69, 9.17) is 0 Å². The smallest absolute Gasteiger partial charge is 0.287 e. The third kappa shape index (κ3) is 3.21. The summed E-state index contributed by atoms with van der Waals surface area (Å²) in [6, 6.07) is 9.32. The van der Waals surface area contributed by atoms with E-state index < -0.39 is 0 Å². The molecule has 0 spiro atoms. The monoisotopic (exact) mass is 335 g/mol. The Kier molecular flexibility index (Phi) is 3.89. The largest absolute Gasteiger partial charge is 0.347 e. The molecule has 2 amide bonds. The molecule has 3 heterocycles. The number of fused-ring (bicyclic) bond motifs is 1. The number of carbonyl (C=O) groups excluding carboxylic acids is 2. The normalized spacial score (nSPS) is 13.6. The Morgan fingerprint density at radius 1 is 1.16 bits per heavy atom. The molecule has 7 nitrogen and oxygen atoms in total. The fourth-order valence-corrected chi connectivity index (χ4v) is 2.61. The van der Waals surface area contributed by atoms with Crippen molar-refractivity contribution in [2.24, 2.45) is 0 Å². The van der Waals surface area contributed by atoms with Crippen molar-refractivity contribution in [3.8, 4) is 0 Å². The zero-order valence-corrected chi connectivity index (χ0v) is 13.5. The van der Waals surface area contributed by atoms with Crippen molar-refractivity contribution in [3.05, 3.63) is 66.0 Å². The number of nitrogens with one attached hydrogen (secondary N) is 2. The van der Waals surface area contributed by atoms with Crippen molar-refractivity contribution < 1.29 is 9.59 Å². The maximum absolute atomic E-state index is 12.6. The third-order valence-electron chi connectivity index (χ3n) is 4.05. The Bertz CT molecular complexity index is 931. The Labute approximate surface area is 144 Å². The van der Waals surface area contributed by atoms with Crippen LogP contribution in [0.15, 0.2) is 48.9 Å². The van der Waals surface area contributed by atoms with Gasteiger partial charge in [0.2, 0.25) is 5.82 Å². The zero-order chi connectivity index (χ0) is 17.2. The lowest BCUT2D eigenvalue weighted by Crippen LogP contribution is -2.27. The van der Waals surface area contributed by atoms with E-state index in [1.807, 2.05) is 18.2 Å². The molecular weight excluding hydrogens is 318 g/mol. The molecule has 0 bridgehead atoms. The van der Waals surface area contributed by atoms with Gasteiger partial charge in [0, 0.05) is 31.2 Å². The van der Waals surface area contributed by atoms with Crippen LogP contribution in [0.5, 0.6) is 0 Å². The first-order valence-corrected chi connectivity index (χ1v) is 8.17. The standard InChI is InChI=1S/C18H17N5O2/c24-17(20-11-12-4-3-8-19-10-12)15-14-5-1-2-9-23(14)16(22-15)18(25)21-13-6-7-13/h1-5,8-10,13H,6-7,11H2,(H,20,24)(H,21,25). The molecular formula is C18H17N5O2. The Morgan fingerprint density at radius 2 is 2.04 bits per heavy atom. The van der Waals surface area contributed by atoms with Gasteiger partial charge in [0.25, 0.3) is 11.8 Å². The van der Waals surface area contributed by atoms with Crippen LogP contribution in [-0.4, -0.2) is 32.2 Å². The molecule has 4 rings (SSSR count). The maximum Gasteiger partial charge on any atom is 0.287 e. The summed E-state index contributed by atoms with van der Waals surface area (Å²) in [5.41, 5.74) is 1.74. The minimum atomic E-state index is -0.321. The van der Waals surface area contributed by atoms with Crippen LogP contribution in [0.25, 0.3) is 5.52 Å². The van der Waals surface area contributed by atoms with Crippen molar-refractivity contribution in [2.45, 2.75) is 25.4 Å². The van der Waals surface area contributed by atoms with Gasteiger partial charge in [-0.3, -0.25) is 19.0 Å². The molecule has 0 atom stereocenters. The van der Waals surface area contributed by atoms with Gasteiger partial charge in [0.1, 0.15) is 0 Å². The molecule has 0 saturated heterocycles. The Morgan fingerprint density at radius 3 is 2.80 bits per heavy atom. The highest BCUT2D eigenvalue weighted by Gasteiger charge is 2.27. The first-order valence-electron chi connectivity index (χ1n) is 8.17. The summed E-state index contributed by atoms with van der Waals surface area (Å²) in [6.45, 7) is 0.349. The second-order valence-corrected chi connectivity index (χ2v) is 6.03. The van der Waals surface area contributed by atoms with Crippen LogP contribution >= 0.6 is 0 Å². The summed E-state index contributed by atoms with van der Waals surface area (Å²) in [5, 5.41) is 5.74. The molecule has 1 fully saturated rings. The number of amides is 2. The second kappa shape index (κ2) is 6.35. The quantitative estimate of drug-likeness (QED) is 0.740. The SMILES string of the molecule is O=C(NCc1cccnc1)c1nc(C(=O)NC2CC2)n2ccccc12. The van der Waals surface area contributed by atoms with Crippen molar-refractivity contribution in [3.63, 3.8) is 0 Å². The number of nitrogens with zero attached hydrogens (tertiary/aromatic N) is 3. The lowest BCUT2D eigenvalue weighted by molar-refractivity contribution is 0.0940. The first-order chi connectivity index (χ1) is 12.2. The molecule has 0 aliphatic heterocycles. The minimum Gasteiger partial charge on any atom is -0.347 e. The summed E-state index contributed by atoms with van der Waals surface area (Å²) >= 11 is 0. The van der Waals surface area contributed by atoms with E-state index in [9.17, 15) is 9.59 Å². The summed E-state index contributed by atoms with van der Waals surface area (Å²) in [6.07, 6.45) is 7.10. The maximum atomic E-state index is 12.6. The molecule has 25 heavy (non-hydrogen) atoms. The molecule has 0 aromatic carbocycles. The summed E-state index contributed by atoms with van der Waals surface area (Å²) in [5.74, 6) is -0.345. The average molecular weight is 335 g/mol. The van der Waals surface area contributed by atoms with Gasteiger partial charge < -0.3 is 10.6 Å². The average Bonchev–Trinajstić information content (AvgIpc) is 3.37. The second-order valence-electron chi connectivity index (χ2n) is 6.03. The third-order valence-corrected chi connectivity index (χ3v) is 4.05. The fourth-order valence-electron chi connectivity index (χ4n) is 2.61. The lowest BCUT2D eigenvalue weighted by Gasteiger charge is -2.03. The van der Waals surface area contributed by atoms with Crippen molar-refractivity contribution in [1.82, 2.24) is 25.0 Å². The molecule has 126 valence electrons. The topological polar surface area (TPSA) is 88.4 Å². The number of rotatable bonds is 5. The molecule has 3 aromatic rings. The zero-order valence-electron chi connectivity index (χ0n) is 13.5. The highest BCUT2D eigenvalue weighted by Crippen LogP contribution is 2.20.